The third-order valence-electron chi connectivity index (χ3n) is 2.95. The molecule has 1 N–H and O–H groups in total. The average molecular weight is 272 g/mol. The van der Waals surface area contributed by atoms with Crippen molar-refractivity contribution < 1.29 is 13.5 Å². The van der Waals surface area contributed by atoms with E-state index in [1.807, 2.05) is 0 Å². The third-order valence-corrected chi connectivity index (χ3v) is 2.95. The molecule has 1 rings (SSSR count). The van der Waals surface area contributed by atoms with Crippen molar-refractivity contribution in [3.05, 3.63) is 29.8 Å². The zero-order chi connectivity index (χ0) is 14.1. The first-order valence-electron chi connectivity index (χ1n) is 6.68. The molecule has 0 amide bonds. The number of nitrogens with zero attached hydrogens (tertiary/aromatic N) is 1. The van der Waals surface area contributed by atoms with Crippen molar-refractivity contribution in [3.8, 4) is 5.75 Å². The fraction of sp³-hybridized carbons (Fsp3) is 0.571. The summed E-state index contributed by atoms with van der Waals surface area (Å²) < 4.78 is 31.3. The van der Waals surface area contributed by atoms with Gasteiger partial charge in [0.1, 0.15) is 6.61 Å². The molecule has 0 atom stereocenters. The Labute approximate surface area is 113 Å². The minimum atomic E-state index is -0.925. The molecule has 0 saturated heterocycles. The summed E-state index contributed by atoms with van der Waals surface area (Å²) in [6.45, 7) is 9.07. The summed E-state index contributed by atoms with van der Waals surface area (Å²) in [5.41, 5.74) is 0. The van der Waals surface area contributed by atoms with Gasteiger partial charge in [-0.3, -0.25) is 0 Å². The lowest BCUT2D eigenvalue weighted by Gasteiger charge is -2.18. The van der Waals surface area contributed by atoms with Gasteiger partial charge in [0, 0.05) is 19.6 Å². The number of ether oxygens (including phenoxy) is 1. The van der Waals surface area contributed by atoms with Crippen molar-refractivity contribution in [3.63, 3.8) is 0 Å². The van der Waals surface area contributed by atoms with E-state index in [9.17, 15) is 8.78 Å². The predicted octanol–water partition coefficient (Wildman–Crippen LogP) is 2.27. The lowest BCUT2D eigenvalue weighted by Crippen LogP contribution is -2.33. The molecular formula is C14H22F2N2O. The highest BCUT2D eigenvalue weighted by Gasteiger charge is 2.07. The SMILES string of the molecule is CCN(CC)CCNCCOc1cccc(F)c1F. The van der Waals surface area contributed by atoms with Crippen molar-refractivity contribution in [2.45, 2.75) is 13.8 Å². The van der Waals surface area contributed by atoms with E-state index in [0.717, 1.165) is 32.2 Å². The van der Waals surface area contributed by atoms with Crippen LogP contribution in [0.3, 0.4) is 0 Å². The summed E-state index contributed by atoms with van der Waals surface area (Å²) in [6, 6.07) is 3.93. The molecule has 0 bridgehead atoms. The molecule has 0 spiro atoms. The van der Waals surface area contributed by atoms with E-state index in [1.54, 1.807) is 0 Å². The molecule has 1 aromatic rings. The van der Waals surface area contributed by atoms with Crippen LogP contribution in [0.2, 0.25) is 0 Å². The number of nitrogens with one attached hydrogen (secondary N) is 1. The smallest absolute Gasteiger partial charge is 0.200 e. The van der Waals surface area contributed by atoms with Crippen LogP contribution in [0, 0.1) is 11.6 Å². The number of likely N-dealkylation sites (N-methyl/N-ethyl adjacent to an activating group) is 1. The van der Waals surface area contributed by atoms with E-state index in [-0.39, 0.29) is 5.75 Å². The number of benzene rings is 1. The molecule has 0 aliphatic carbocycles. The van der Waals surface area contributed by atoms with Gasteiger partial charge >= 0.3 is 0 Å². The standard InChI is InChI=1S/C14H22F2N2O/c1-3-18(4-2)10-8-17-9-11-19-13-7-5-6-12(15)14(13)16/h5-7,17H,3-4,8-11H2,1-2H3. The molecule has 0 unspecified atom stereocenters. The van der Waals surface area contributed by atoms with Gasteiger partial charge in [-0.1, -0.05) is 19.9 Å². The first-order valence-corrected chi connectivity index (χ1v) is 6.68. The Kier molecular flexibility index (Phi) is 7.36. The van der Waals surface area contributed by atoms with Gasteiger partial charge in [-0.2, -0.15) is 4.39 Å². The second-order valence-corrected chi connectivity index (χ2v) is 4.18. The topological polar surface area (TPSA) is 24.5 Å². The van der Waals surface area contributed by atoms with Crippen molar-refractivity contribution in [2.75, 3.05) is 39.3 Å². The quantitative estimate of drug-likeness (QED) is 0.698. The molecule has 0 radical (unpaired) electrons. The Morgan fingerprint density at radius 3 is 2.58 bits per heavy atom. The molecular weight excluding hydrogens is 250 g/mol. The van der Waals surface area contributed by atoms with Gasteiger partial charge in [0.2, 0.25) is 5.82 Å². The van der Waals surface area contributed by atoms with Gasteiger partial charge in [-0.05, 0) is 25.2 Å². The predicted molar refractivity (Wildman–Crippen MR) is 72.5 cm³/mol. The second-order valence-electron chi connectivity index (χ2n) is 4.18. The number of hydrogen-bond acceptors (Lipinski definition) is 3. The summed E-state index contributed by atoms with van der Waals surface area (Å²) in [5.74, 6) is -1.84. The van der Waals surface area contributed by atoms with Gasteiger partial charge in [0.15, 0.2) is 11.6 Å². The van der Waals surface area contributed by atoms with E-state index >= 15 is 0 Å². The van der Waals surface area contributed by atoms with Gasteiger partial charge in [0.25, 0.3) is 0 Å². The van der Waals surface area contributed by atoms with Crippen LogP contribution in [0.5, 0.6) is 5.75 Å². The van der Waals surface area contributed by atoms with Gasteiger partial charge in [0.05, 0.1) is 0 Å². The molecule has 108 valence electrons. The van der Waals surface area contributed by atoms with E-state index < -0.39 is 11.6 Å². The number of halogens is 2. The summed E-state index contributed by atoms with van der Waals surface area (Å²) in [7, 11) is 0. The Morgan fingerprint density at radius 2 is 1.89 bits per heavy atom. The monoisotopic (exact) mass is 272 g/mol. The van der Waals surface area contributed by atoms with Crippen LogP contribution in [0.15, 0.2) is 18.2 Å². The Hall–Kier alpha value is -1.20. The summed E-state index contributed by atoms with van der Waals surface area (Å²) in [6.07, 6.45) is 0. The van der Waals surface area contributed by atoms with Crippen LogP contribution in [0.25, 0.3) is 0 Å². The minimum Gasteiger partial charge on any atom is -0.489 e. The molecule has 0 heterocycles. The maximum absolute atomic E-state index is 13.2. The van der Waals surface area contributed by atoms with Crippen LogP contribution in [0.4, 0.5) is 8.78 Å². The molecule has 0 aromatic heterocycles. The fourth-order valence-corrected chi connectivity index (χ4v) is 1.73. The molecule has 0 aliphatic rings. The number of rotatable bonds is 9. The van der Waals surface area contributed by atoms with Crippen molar-refractivity contribution in [2.24, 2.45) is 0 Å². The van der Waals surface area contributed by atoms with Gasteiger partial charge in [-0.15, -0.1) is 0 Å². The lowest BCUT2D eigenvalue weighted by atomic mass is 10.3. The van der Waals surface area contributed by atoms with Crippen LogP contribution in [0.1, 0.15) is 13.8 Å². The maximum atomic E-state index is 13.2. The zero-order valence-corrected chi connectivity index (χ0v) is 11.6. The van der Waals surface area contributed by atoms with E-state index in [2.05, 4.69) is 24.1 Å². The summed E-state index contributed by atoms with van der Waals surface area (Å²) in [4.78, 5) is 2.31. The van der Waals surface area contributed by atoms with E-state index in [0.29, 0.717) is 13.2 Å². The molecule has 0 saturated carbocycles. The van der Waals surface area contributed by atoms with Crippen LogP contribution >= 0.6 is 0 Å². The second kappa shape index (κ2) is 8.82. The summed E-state index contributed by atoms with van der Waals surface area (Å²) in [5, 5.41) is 3.21. The highest BCUT2D eigenvalue weighted by molar-refractivity contribution is 5.24. The number of hydrogen-bond donors (Lipinski definition) is 1. The normalized spacial score (nSPS) is 11.0. The molecule has 3 nitrogen and oxygen atoms in total. The Balaban J connectivity index is 2.16. The largest absolute Gasteiger partial charge is 0.489 e. The lowest BCUT2D eigenvalue weighted by molar-refractivity contribution is 0.277. The van der Waals surface area contributed by atoms with Crippen molar-refractivity contribution in [1.29, 1.82) is 0 Å². The maximum Gasteiger partial charge on any atom is 0.200 e. The Morgan fingerprint density at radius 1 is 1.16 bits per heavy atom. The molecule has 5 heteroatoms. The summed E-state index contributed by atoms with van der Waals surface area (Å²) >= 11 is 0. The van der Waals surface area contributed by atoms with Gasteiger partial charge in [-0.25, -0.2) is 4.39 Å². The van der Waals surface area contributed by atoms with Crippen LogP contribution in [-0.4, -0.2) is 44.2 Å². The molecule has 0 aliphatic heterocycles. The highest BCUT2D eigenvalue weighted by atomic mass is 19.2. The zero-order valence-electron chi connectivity index (χ0n) is 11.6. The van der Waals surface area contributed by atoms with Crippen LogP contribution < -0.4 is 10.1 Å². The first kappa shape index (κ1) is 15.9. The molecule has 19 heavy (non-hydrogen) atoms. The third kappa shape index (κ3) is 5.53. The Bertz CT molecular complexity index is 370. The molecule has 1 aromatic carbocycles. The van der Waals surface area contributed by atoms with Crippen molar-refractivity contribution >= 4 is 0 Å². The first-order chi connectivity index (χ1) is 9.19. The van der Waals surface area contributed by atoms with Crippen LogP contribution in [-0.2, 0) is 0 Å². The van der Waals surface area contributed by atoms with E-state index in [1.165, 1.54) is 12.1 Å². The minimum absolute atomic E-state index is 0.0365. The van der Waals surface area contributed by atoms with Gasteiger partial charge < -0.3 is 15.0 Å². The fourth-order valence-electron chi connectivity index (χ4n) is 1.73. The van der Waals surface area contributed by atoms with Crippen molar-refractivity contribution in [1.82, 2.24) is 10.2 Å². The highest BCUT2D eigenvalue weighted by Crippen LogP contribution is 2.18. The average Bonchev–Trinajstić information content (AvgIpc) is 2.42. The van der Waals surface area contributed by atoms with E-state index in [4.69, 9.17) is 4.74 Å². The molecule has 0 fully saturated rings.